The number of carbonyl (C=O) groups is 1. The van der Waals surface area contributed by atoms with E-state index in [2.05, 4.69) is 16.0 Å². The standard InChI is InChI=1S/C13H25N3O/c1-10(17)14-8-9-16-12-5-2-4-11(12)13-6-3-7-15-13/h11-13,15-16H,2-9H2,1H3,(H,14,17). The lowest BCUT2D eigenvalue weighted by molar-refractivity contribution is -0.118. The lowest BCUT2D eigenvalue weighted by atomic mass is 9.93. The van der Waals surface area contributed by atoms with Crippen molar-refractivity contribution in [1.29, 1.82) is 0 Å². The molecular formula is C13H25N3O. The first kappa shape index (κ1) is 12.8. The Morgan fingerprint density at radius 1 is 1.24 bits per heavy atom. The van der Waals surface area contributed by atoms with Gasteiger partial charge in [-0.3, -0.25) is 4.79 Å². The van der Waals surface area contributed by atoms with Crippen LogP contribution in [0.1, 0.15) is 39.0 Å². The molecule has 0 radical (unpaired) electrons. The summed E-state index contributed by atoms with van der Waals surface area (Å²) in [6.45, 7) is 4.41. The number of carbonyl (C=O) groups excluding carboxylic acids is 1. The highest BCUT2D eigenvalue weighted by Crippen LogP contribution is 2.31. The van der Waals surface area contributed by atoms with Crippen molar-refractivity contribution in [3.63, 3.8) is 0 Å². The molecule has 0 aromatic heterocycles. The minimum Gasteiger partial charge on any atom is -0.355 e. The monoisotopic (exact) mass is 239 g/mol. The van der Waals surface area contributed by atoms with Crippen LogP contribution in [0.4, 0.5) is 0 Å². The maximum absolute atomic E-state index is 10.8. The van der Waals surface area contributed by atoms with Gasteiger partial charge in [0.1, 0.15) is 0 Å². The SMILES string of the molecule is CC(=O)NCCNC1CCCC1C1CCCN1. The van der Waals surface area contributed by atoms with Gasteiger partial charge in [0.15, 0.2) is 0 Å². The highest BCUT2D eigenvalue weighted by atomic mass is 16.1. The minimum absolute atomic E-state index is 0.0623. The zero-order valence-electron chi connectivity index (χ0n) is 10.8. The molecular weight excluding hydrogens is 214 g/mol. The van der Waals surface area contributed by atoms with E-state index in [4.69, 9.17) is 0 Å². The zero-order valence-corrected chi connectivity index (χ0v) is 10.8. The van der Waals surface area contributed by atoms with Gasteiger partial charge in [-0.25, -0.2) is 0 Å². The summed E-state index contributed by atoms with van der Waals surface area (Å²) in [6.07, 6.45) is 6.67. The first-order chi connectivity index (χ1) is 8.27. The van der Waals surface area contributed by atoms with E-state index in [0.29, 0.717) is 6.04 Å². The molecule has 1 saturated heterocycles. The largest absolute Gasteiger partial charge is 0.355 e. The minimum atomic E-state index is 0.0623. The topological polar surface area (TPSA) is 53.2 Å². The summed E-state index contributed by atoms with van der Waals surface area (Å²) in [5.41, 5.74) is 0. The van der Waals surface area contributed by atoms with E-state index in [9.17, 15) is 4.79 Å². The molecule has 98 valence electrons. The highest BCUT2D eigenvalue weighted by molar-refractivity contribution is 5.72. The van der Waals surface area contributed by atoms with E-state index in [1.807, 2.05) is 0 Å². The molecule has 4 heteroatoms. The maximum atomic E-state index is 10.8. The van der Waals surface area contributed by atoms with Gasteiger partial charge >= 0.3 is 0 Å². The predicted molar refractivity (Wildman–Crippen MR) is 68.8 cm³/mol. The van der Waals surface area contributed by atoms with Gasteiger partial charge in [-0.15, -0.1) is 0 Å². The van der Waals surface area contributed by atoms with E-state index in [1.54, 1.807) is 6.92 Å². The smallest absolute Gasteiger partial charge is 0.216 e. The van der Waals surface area contributed by atoms with Crippen molar-refractivity contribution in [3.8, 4) is 0 Å². The van der Waals surface area contributed by atoms with Gasteiger partial charge in [-0.1, -0.05) is 6.42 Å². The van der Waals surface area contributed by atoms with E-state index in [0.717, 1.165) is 25.0 Å². The zero-order chi connectivity index (χ0) is 12.1. The van der Waals surface area contributed by atoms with Crippen molar-refractivity contribution < 1.29 is 4.79 Å². The molecule has 0 bridgehead atoms. The van der Waals surface area contributed by atoms with Gasteiger partial charge < -0.3 is 16.0 Å². The molecule has 1 heterocycles. The lowest BCUT2D eigenvalue weighted by Crippen LogP contribution is -2.44. The van der Waals surface area contributed by atoms with Crippen LogP contribution in [0, 0.1) is 5.92 Å². The molecule has 2 fully saturated rings. The molecule has 1 saturated carbocycles. The molecule has 3 unspecified atom stereocenters. The van der Waals surface area contributed by atoms with Gasteiger partial charge in [-0.2, -0.15) is 0 Å². The third kappa shape index (κ3) is 3.68. The summed E-state index contributed by atoms with van der Waals surface area (Å²) >= 11 is 0. The average Bonchev–Trinajstić information content (AvgIpc) is 2.94. The van der Waals surface area contributed by atoms with Crippen LogP contribution in [-0.4, -0.2) is 37.6 Å². The first-order valence-corrected chi connectivity index (χ1v) is 6.98. The van der Waals surface area contributed by atoms with Crippen molar-refractivity contribution in [2.45, 2.75) is 51.1 Å². The Balaban J connectivity index is 1.69. The molecule has 1 aliphatic carbocycles. The van der Waals surface area contributed by atoms with Gasteiger partial charge in [0.25, 0.3) is 0 Å². The molecule has 1 aliphatic heterocycles. The summed E-state index contributed by atoms with van der Waals surface area (Å²) < 4.78 is 0. The highest BCUT2D eigenvalue weighted by Gasteiger charge is 2.34. The molecule has 1 amide bonds. The van der Waals surface area contributed by atoms with Gasteiger partial charge in [0.2, 0.25) is 5.91 Å². The fourth-order valence-electron chi connectivity index (χ4n) is 3.30. The third-order valence-corrected chi connectivity index (χ3v) is 4.09. The summed E-state index contributed by atoms with van der Waals surface area (Å²) in [6, 6.07) is 1.38. The quantitative estimate of drug-likeness (QED) is 0.617. The molecule has 2 aliphatic rings. The lowest BCUT2D eigenvalue weighted by Gasteiger charge is -2.26. The van der Waals surface area contributed by atoms with Crippen LogP contribution >= 0.6 is 0 Å². The van der Waals surface area contributed by atoms with Crippen molar-refractivity contribution in [3.05, 3.63) is 0 Å². The second kappa shape index (κ2) is 6.36. The molecule has 17 heavy (non-hydrogen) atoms. The van der Waals surface area contributed by atoms with Crippen molar-refractivity contribution >= 4 is 5.91 Å². The van der Waals surface area contributed by atoms with Crippen LogP contribution in [0.25, 0.3) is 0 Å². The normalized spacial score (nSPS) is 32.9. The molecule has 3 N–H and O–H groups in total. The van der Waals surface area contributed by atoms with Crippen molar-refractivity contribution in [1.82, 2.24) is 16.0 Å². The van der Waals surface area contributed by atoms with E-state index >= 15 is 0 Å². The van der Waals surface area contributed by atoms with Crippen LogP contribution in [0.5, 0.6) is 0 Å². The Morgan fingerprint density at radius 2 is 2.12 bits per heavy atom. The van der Waals surface area contributed by atoms with Gasteiger partial charge in [-0.05, 0) is 38.1 Å². The van der Waals surface area contributed by atoms with E-state index in [-0.39, 0.29) is 5.91 Å². The first-order valence-electron chi connectivity index (χ1n) is 6.98. The molecule has 3 atom stereocenters. The van der Waals surface area contributed by atoms with Crippen molar-refractivity contribution in [2.75, 3.05) is 19.6 Å². The summed E-state index contributed by atoms with van der Waals surface area (Å²) in [4.78, 5) is 10.8. The number of hydrogen-bond donors (Lipinski definition) is 3. The van der Waals surface area contributed by atoms with Gasteiger partial charge in [0.05, 0.1) is 0 Å². The summed E-state index contributed by atoms with van der Waals surface area (Å²) in [5.74, 6) is 0.863. The second-order valence-electron chi connectivity index (χ2n) is 5.34. The number of nitrogens with one attached hydrogen (secondary N) is 3. The summed E-state index contributed by atoms with van der Waals surface area (Å²) in [7, 11) is 0. The Kier molecular flexibility index (Phi) is 4.80. The average molecular weight is 239 g/mol. The van der Waals surface area contributed by atoms with Crippen LogP contribution < -0.4 is 16.0 Å². The molecule has 2 rings (SSSR count). The van der Waals surface area contributed by atoms with Crippen LogP contribution in [-0.2, 0) is 4.79 Å². The Labute approximate surface area is 104 Å². The molecule has 0 aromatic rings. The number of rotatable bonds is 5. The van der Waals surface area contributed by atoms with Gasteiger partial charge in [0, 0.05) is 32.1 Å². The third-order valence-electron chi connectivity index (χ3n) is 4.09. The van der Waals surface area contributed by atoms with Crippen LogP contribution in [0.15, 0.2) is 0 Å². The Hall–Kier alpha value is -0.610. The molecule has 4 nitrogen and oxygen atoms in total. The number of amides is 1. The molecule has 0 spiro atoms. The fraction of sp³-hybridized carbons (Fsp3) is 0.923. The summed E-state index contributed by atoms with van der Waals surface area (Å²) in [5, 5.41) is 10.1. The predicted octanol–water partition coefficient (Wildman–Crippen LogP) is 0.633. The second-order valence-corrected chi connectivity index (χ2v) is 5.34. The van der Waals surface area contributed by atoms with E-state index in [1.165, 1.54) is 38.6 Å². The van der Waals surface area contributed by atoms with Crippen LogP contribution in [0.3, 0.4) is 0 Å². The van der Waals surface area contributed by atoms with Crippen molar-refractivity contribution in [2.24, 2.45) is 5.92 Å². The maximum Gasteiger partial charge on any atom is 0.216 e. The fourth-order valence-corrected chi connectivity index (χ4v) is 3.30. The Bertz CT molecular complexity index is 251. The van der Waals surface area contributed by atoms with Crippen LogP contribution in [0.2, 0.25) is 0 Å². The number of hydrogen-bond acceptors (Lipinski definition) is 3. The van der Waals surface area contributed by atoms with E-state index < -0.39 is 0 Å². The molecule has 0 aromatic carbocycles. The Morgan fingerprint density at radius 3 is 2.82 bits per heavy atom.